The molecule has 0 spiro atoms. The summed E-state index contributed by atoms with van der Waals surface area (Å²) in [4.78, 5) is 2.39. The number of nitrogens with one attached hydrogen (secondary N) is 1. The average Bonchev–Trinajstić information content (AvgIpc) is 2.42. The van der Waals surface area contributed by atoms with E-state index in [2.05, 4.69) is 37.1 Å². The minimum atomic E-state index is 0.249. The molecule has 0 radical (unpaired) electrons. The summed E-state index contributed by atoms with van der Waals surface area (Å²) in [5.41, 5.74) is 2.44. The number of hydrogen-bond acceptors (Lipinski definition) is 3. The lowest BCUT2D eigenvalue weighted by Gasteiger charge is -2.40. The van der Waals surface area contributed by atoms with Crippen molar-refractivity contribution in [1.29, 1.82) is 0 Å². The number of benzene rings is 1. The summed E-state index contributed by atoms with van der Waals surface area (Å²) in [6.45, 7) is 10.0. The first-order valence-electron chi connectivity index (χ1n) is 7.49. The lowest BCUT2D eigenvalue weighted by molar-refractivity contribution is 0.0343. The second-order valence-corrected chi connectivity index (χ2v) is 5.98. The standard InChI is InChI=1S/C16H25ClN2O/c1-4-8-18-9-14-6-5-7-15(17)16(14)19-10-13(3)20-11-12(19)2/h5-7,12-13,18H,4,8-11H2,1-3H3. The molecule has 1 saturated heterocycles. The van der Waals surface area contributed by atoms with Gasteiger partial charge in [-0.2, -0.15) is 0 Å². The van der Waals surface area contributed by atoms with Gasteiger partial charge in [0.25, 0.3) is 0 Å². The van der Waals surface area contributed by atoms with Crippen LogP contribution in [-0.4, -0.2) is 31.8 Å². The Labute approximate surface area is 127 Å². The average molecular weight is 297 g/mol. The third-order valence-corrected chi connectivity index (χ3v) is 4.01. The predicted octanol–water partition coefficient (Wildman–Crippen LogP) is 3.45. The normalized spacial score (nSPS) is 23.1. The number of para-hydroxylation sites is 1. The van der Waals surface area contributed by atoms with Gasteiger partial charge in [-0.05, 0) is 38.4 Å². The van der Waals surface area contributed by atoms with Gasteiger partial charge in [-0.25, -0.2) is 0 Å². The summed E-state index contributed by atoms with van der Waals surface area (Å²) in [6, 6.07) is 6.53. The van der Waals surface area contributed by atoms with Crippen molar-refractivity contribution in [2.24, 2.45) is 0 Å². The van der Waals surface area contributed by atoms with Crippen LogP contribution in [0.2, 0.25) is 5.02 Å². The summed E-state index contributed by atoms with van der Waals surface area (Å²) >= 11 is 6.48. The SMILES string of the molecule is CCCNCc1cccc(Cl)c1N1CC(C)OCC1C. The largest absolute Gasteiger partial charge is 0.375 e. The fourth-order valence-corrected chi connectivity index (χ4v) is 2.94. The Morgan fingerprint density at radius 3 is 2.95 bits per heavy atom. The second-order valence-electron chi connectivity index (χ2n) is 5.57. The van der Waals surface area contributed by atoms with Crippen LogP contribution in [0.4, 0.5) is 5.69 Å². The molecule has 0 bridgehead atoms. The van der Waals surface area contributed by atoms with Gasteiger partial charge < -0.3 is 15.0 Å². The van der Waals surface area contributed by atoms with Gasteiger partial charge in [0.05, 0.1) is 23.4 Å². The summed E-state index contributed by atoms with van der Waals surface area (Å²) in [6.07, 6.45) is 1.39. The molecule has 0 aliphatic carbocycles. The minimum absolute atomic E-state index is 0.249. The number of morpholine rings is 1. The minimum Gasteiger partial charge on any atom is -0.375 e. The number of hydrogen-bond donors (Lipinski definition) is 1. The monoisotopic (exact) mass is 296 g/mol. The van der Waals surface area contributed by atoms with Gasteiger partial charge in [0.1, 0.15) is 0 Å². The maximum atomic E-state index is 6.48. The Hall–Kier alpha value is -0.770. The fraction of sp³-hybridized carbons (Fsp3) is 0.625. The van der Waals surface area contributed by atoms with Crippen molar-refractivity contribution < 1.29 is 4.74 Å². The number of halogens is 1. The Morgan fingerprint density at radius 2 is 2.20 bits per heavy atom. The molecule has 1 aliphatic heterocycles. The molecule has 2 rings (SSSR count). The maximum Gasteiger partial charge on any atom is 0.0723 e. The molecular weight excluding hydrogens is 272 g/mol. The van der Waals surface area contributed by atoms with Crippen LogP contribution in [0.5, 0.6) is 0 Å². The highest BCUT2D eigenvalue weighted by Gasteiger charge is 2.26. The van der Waals surface area contributed by atoms with Gasteiger partial charge in [-0.15, -0.1) is 0 Å². The molecule has 1 aromatic rings. The van der Waals surface area contributed by atoms with E-state index in [0.29, 0.717) is 6.04 Å². The van der Waals surface area contributed by atoms with Gasteiger partial charge in [0.2, 0.25) is 0 Å². The molecule has 0 aromatic heterocycles. The van der Waals surface area contributed by atoms with Gasteiger partial charge in [-0.3, -0.25) is 0 Å². The van der Waals surface area contributed by atoms with E-state index in [0.717, 1.165) is 37.7 Å². The van der Waals surface area contributed by atoms with E-state index in [4.69, 9.17) is 16.3 Å². The number of ether oxygens (including phenoxy) is 1. The van der Waals surface area contributed by atoms with E-state index in [-0.39, 0.29) is 6.10 Å². The van der Waals surface area contributed by atoms with Gasteiger partial charge >= 0.3 is 0 Å². The molecule has 0 saturated carbocycles. The van der Waals surface area contributed by atoms with Crippen molar-refractivity contribution in [2.75, 3.05) is 24.6 Å². The van der Waals surface area contributed by atoms with Crippen LogP contribution < -0.4 is 10.2 Å². The quantitative estimate of drug-likeness (QED) is 0.842. The van der Waals surface area contributed by atoms with Crippen molar-refractivity contribution in [3.05, 3.63) is 28.8 Å². The Morgan fingerprint density at radius 1 is 1.40 bits per heavy atom. The zero-order valence-electron chi connectivity index (χ0n) is 12.7. The van der Waals surface area contributed by atoms with Crippen LogP contribution in [0, 0.1) is 0 Å². The van der Waals surface area contributed by atoms with Crippen molar-refractivity contribution in [1.82, 2.24) is 5.32 Å². The molecule has 0 amide bonds. The molecule has 2 unspecified atom stereocenters. The Kier molecular flexibility index (Phi) is 5.70. The van der Waals surface area contributed by atoms with E-state index in [1.54, 1.807) is 0 Å². The van der Waals surface area contributed by atoms with E-state index in [1.807, 2.05) is 12.1 Å². The van der Waals surface area contributed by atoms with E-state index < -0.39 is 0 Å². The predicted molar refractivity (Wildman–Crippen MR) is 85.7 cm³/mol. The molecule has 1 aromatic carbocycles. The van der Waals surface area contributed by atoms with Crippen LogP contribution in [0.3, 0.4) is 0 Å². The van der Waals surface area contributed by atoms with Gasteiger partial charge in [-0.1, -0.05) is 30.7 Å². The van der Waals surface area contributed by atoms with E-state index in [1.165, 1.54) is 11.3 Å². The molecule has 3 nitrogen and oxygen atoms in total. The first-order valence-corrected chi connectivity index (χ1v) is 7.87. The third-order valence-electron chi connectivity index (χ3n) is 3.71. The Balaban J connectivity index is 2.23. The molecule has 1 N–H and O–H groups in total. The molecule has 112 valence electrons. The van der Waals surface area contributed by atoms with E-state index >= 15 is 0 Å². The summed E-state index contributed by atoms with van der Waals surface area (Å²) in [7, 11) is 0. The third kappa shape index (κ3) is 3.66. The maximum absolute atomic E-state index is 6.48. The van der Waals surface area contributed by atoms with Crippen LogP contribution in [0.15, 0.2) is 18.2 Å². The van der Waals surface area contributed by atoms with Crippen molar-refractivity contribution in [3.8, 4) is 0 Å². The van der Waals surface area contributed by atoms with E-state index in [9.17, 15) is 0 Å². The first kappa shape index (κ1) is 15.6. The summed E-state index contributed by atoms with van der Waals surface area (Å²) < 4.78 is 5.72. The highest BCUT2D eigenvalue weighted by Crippen LogP contribution is 2.33. The summed E-state index contributed by atoms with van der Waals surface area (Å²) in [5.74, 6) is 0. The smallest absolute Gasteiger partial charge is 0.0723 e. The molecule has 20 heavy (non-hydrogen) atoms. The van der Waals surface area contributed by atoms with Crippen LogP contribution >= 0.6 is 11.6 Å². The lowest BCUT2D eigenvalue weighted by Crippen LogP contribution is -2.48. The zero-order chi connectivity index (χ0) is 14.5. The van der Waals surface area contributed by atoms with Gasteiger partial charge in [0, 0.05) is 19.1 Å². The number of rotatable bonds is 5. The van der Waals surface area contributed by atoms with Crippen molar-refractivity contribution in [2.45, 2.75) is 45.9 Å². The highest BCUT2D eigenvalue weighted by molar-refractivity contribution is 6.33. The van der Waals surface area contributed by atoms with Crippen LogP contribution in [0.25, 0.3) is 0 Å². The van der Waals surface area contributed by atoms with Crippen LogP contribution in [0.1, 0.15) is 32.8 Å². The molecule has 1 aliphatic rings. The topological polar surface area (TPSA) is 24.5 Å². The fourth-order valence-electron chi connectivity index (χ4n) is 2.64. The zero-order valence-corrected chi connectivity index (χ0v) is 13.4. The highest BCUT2D eigenvalue weighted by atomic mass is 35.5. The van der Waals surface area contributed by atoms with Crippen molar-refractivity contribution in [3.63, 3.8) is 0 Å². The second kappa shape index (κ2) is 7.30. The molecular formula is C16H25ClN2O. The van der Waals surface area contributed by atoms with Crippen LogP contribution in [-0.2, 0) is 11.3 Å². The van der Waals surface area contributed by atoms with Gasteiger partial charge in [0.15, 0.2) is 0 Å². The molecule has 1 heterocycles. The van der Waals surface area contributed by atoms with Crippen molar-refractivity contribution >= 4 is 17.3 Å². The molecule has 1 fully saturated rings. The molecule has 2 atom stereocenters. The lowest BCUT2D eigenvalue weighted by atomic mass is 10.1. The summed E-state index contributed by atoms with van der Waals surface area (Å²) in [5, 5.41) is 4.30. The number of nitrogens with zero attached hydrogens (tertiary/aromatic N) is 1. The Bertz CT molecular complexity index is 438. The first-order chi connectivity index (χ1) is 9.63. The number of anilines is 1. The molecule has 4 heteroatoms.